The van der Waals surface area contributed by atoms with Crippen LogP contribution in [0, 0.1) is 6.92 Å². The fourth-order valence-corrected chi connectivity index (χ4v) is 9.38. The van der Waals surface area contributed by atoms with Crippen LogP contribution in [0.3, 0.4) is 0 Å². The summed E-state index contributed by atoms with van der Waals surface area (Å²) in [6, 6.07) is 30.2. The monoisotopic (exact) mass is 731 g/mol. The Kier molecular flexibility index (Phi) is 10.4. The number of halogens is 1. The minimum absolute atomic E-state index is 0.258. The van der Waals surface area contributed by atoms with Crippen molar-refractivity contribution in [2.75, 3.05) is 0 Å². The number of rotatable bonds is 9. The number of nitrogens with zero attached hydrogens (tertiary/aromatic N) is 1. The van der Waals surface area contributed by atoms with Crippen LogP contribution in [0.4, 0.5) is 5.69 Å². The van der Waals surface area contributed by atoms with Gasteiger partial charge < -0.3 is 0 Å². The maximum Gasteiger partial charge on any atom is 0.239 e. The molecule has 3 aliphatic rings. The minimum Gasteiger partial charge on any atom is -0.220 e. The van der Waals surface area contributed by atoms with Gasteiger partial charge in [0.1, 0.15) is 0 Å². The van der Waals surface area contributed by atoms with E-state index in [1.54, 1.807) is 0 Å². The molecule has 3 heterocycles. The van der Waals surface area contributed by atoms with Gasteiger partial charge in [-0.1, -0.05) is 77.7 Å². The van der Waals surface area contributed by atoms with Crippen LogP contribution in [0.25, 0.3) is 27.0 Å². The second kappa shape index (κ2) is 15.0. The van der Waals surface area contributed by atoms with Crippen LogP contribution in [0.1, 0.15) is 70.1 Å². The van der Waals surface area contributed by atoms with Crippen LogP contribution < -0.4 is 0 Å². The van der Waals surface area contributed by atoms with E-state index in [0.29, 0.717) is 0 Å². The summed E-state index contributed by atoms with van der Waals surface area (Å²) in [4.78, 5) is 3.34. The van der Waals surface area contributed by atoms with Crippen LogP contribution in [-0.2, 0) is 14.8 Å². The molecule has 0 bridgehead atoms. The van der Waals surface area contributed by atoms with Gasteiger partial charge in [-0.3, -0.25) is 0 Å². The van der Waals surface area contributed by atoms with E-state index in [-0.39, 0.29) is 5.41 Å². The van der Waals surface area contributed by atoms with Crippen molar-refractivity contribution in [2.24, 2.45) is 0 Å². The number of fused-ring (bicyclic) bond motifs is 2. The average Bonchev–Trinajstić information content (AvgIpc) is 3.55. The number of benzene rings is 3. The van der Waals surface area contributed by atoms with Gasteiger partial charge in [-0.2, -0.15) is 4.58 Å². The highest BCUT2D eigenvalue weighted by Crippen LogP contribution is 2.50. The topological polar surface area (TPSA) is 41.7 Å². The predicted octanol–water partition coefficient (Wildman–Crippen LogP) is 13.4. The molecular formula is C44H42ClNO3S2+2. The third-order valence-corrected chi connectivity index (χ3v) is 12.3. The molecule has 51 heavy (non-hydrogen) atoms. The van der Waals surface area contributed by atoms with Crippen LogP contribution in [0.15, 0.2) is 141 Å². The van der Waals surface area contributed by atoms with E-state index >= 15 is 0 Å². The van der Waals surface area contributed by atoms with Gasteiger partial charge in [0.15, 0.2) is 5.70 Å². The zero-order valence-electron chi connectivity index (χ0n) is 29.6. The lowest BCUT2D eigenvalue weighted by Crippen LogP contribution is -2.28. The smallest absolute Gasteiger partial charge is 0.220 e. The molecule has 0 saturated carbocycles. The summed E-state index contributed by atoms with van der Waals surface area (Å²) in [5, 5.41) is 13.4. The fourth-order valence-electron chi connectivity index (χ4n) is 7.54. The van der Waals surface area contributed by atoms with Crippen molar-refractivity contribution in [3.05, 3.63) is 153 Å². The first-order valence-corrected chi connectivity index (χ1v) is 19.4. The van der Waals surface area contributed by atoms with E-state index < -0.39 is 0 Å². The summed E-state index contributed by atoms with van der Waals surface area (Å²) in [6.45, 7) is 11.2. The molecule has 0 spiro atoms. The first-order chi connectivity index (χ1) is 24.7. The van der Waals surface area contributed by atoms with Gasteiger partial charge in [0.2, 0.25) is 32.5 Å². The summed E-state index contributed by atoms with van der Waals surface area (Å²) in [5.74, 6) is 0. The van der Waals surface area contributed by atoms with Crippen LogP contribution in [0.2, 0.25) is 0 Å². The van der Waals surface area contributed by atoms with Gasteiger partial charge >= 0.3 is 0 Å². The highest BCUT2D eigenvalue weighted by molar-refractivity contribution is 7.94. The number of hydrogen-bond donors (Lipinski definition) is 1. The highest BCUT2D eigenvalue weighted by Gasteiger charge is 2.53. The average molecular weight is 732 g/mol. The second-order valence-electron chi connectivity index (χ2n) is 13.8. The first kappa shape index (κ1) is 35.5. The fraction of sp³-hybridized carbons (Fsp3) is 0.227. The summed E-state index contributed by atoms with van der Waals surface area (Å²) >= 11 is 10.1. The lowest BCUT2D eigenvalue weighted by molar-refractivity contribution is -0.432. The highest BCUT2D eigenvalue weighted by atomic mass is 35.5. The molecule has 4 aromatic rings. The number of allylic oxidation sites excluding steroid dienone is 9. The molecule has 0 atom stereocenters. The van der Waals surface area contributed by atoms with E-state index in [9.17, 15) is 0 Å². The molecule has 1 aliphatic carbocycles. The molecule has 258 valence electrons. The van der Waals surface area contributed by atoms with Crippen molar-refractivity contribution in [3.63, 3.8) is 0 Å². The molecule has 7 rings (SSSR count). The molecule has 2 aliphatic heterocycles. The molecule has 4 nitrogen and oxygen atoms in total. The lowest BCUT2D eigenvalue weighted by atomic mass is 9.77. The Bertz CT molecular complexity index is 2190. The van der Waals surface area contributed by atoms with Crippen LogP contribution >= 0.6 is 35.0 Å². The minimum atomic E-state index is -0.258. The Morgan fingerprint density at radius 1 is 0.941 bits per heavy atom. The van der Waals surface area contributed by atoms with Gasteiger partial charge in [0, 0.05) is 56.8 Å². The first-order valence-electron chi connectivity index (χ1n) is 17.5. The largest absolute Gasteiger partial charge is 0.239 e. The summed E-state index contributed by atoms with van der Waals surface area (Å²) < 4.78 is 7.19. The van der Waals surface area contributed by atoms with Gasteiger partial charge in [-0.05, 0) is 106 Å². The molecule has 1 N–H and O–H groups in total. The van der Waals surface area contributed by atoms with E-state index in [4.69, 9.17) is 21.2 Å². The van der Waals surface area contributed by atoms with Gasteiger partial charge in [0.05, 0.1) is 23.0 Å². The Morgan fingerprint density at radius 3 is 2.37 bits per heavy atom. The van der Waals surface area contributed by atoms with Crippen molar-refractivity contribution in [2.45, 2.75) is 70.6 Å². The van der Waals surface area contributed by atoms with E-state index in [0.717, 1.165) is 53.2 Å². The van der Waals surface area contributed by atoms with Crippen molar-refractivity contribution in [1.82, 2.24) is 0 Å². The van der Waals surface area contributed by atoms with Crippen molar-refractivity contribution in [1.29, 1.82) is 0 Å². The van der Waals surface area contributed by atoms with Gasteiger partial charge in [-0.15, -0.1) is 4.33 Å². The van der Waals surface area contributed by atoms with Crippen LogP contribution in [0.5, 0.6) is 0 Å². The lowest BCUT2D eigenvalue weighted by Gasteiger charge is -2.21. The van der Waals surface area contributed by atoms with E-state index in [2.05, 4.69) is 147 Å². The Hall–Kier alpha value is -3.88. The summed E-state index contributed by atoms with van der Waals surface area (Å²) in [5.41, 5.74) is 14.5. The Balaban J connectivity index is 1.22. The quantitative estimate of drug-likeness (QED) is 0.0612. The maximum absolute atomic E-state index is 8.70. The van der Waals surface area contributed by atoms with Gasteiger partial charge in [0.25, 0.3) is 0 Å². The number of hydrogen-bond acceptors (Lipinski definition) is 4. The predicted molar refractivity (Wildman–Crippen MR) is 214 cm³/mol. The third-order valence-electron chi connectivity index (χ3n) is 10.1. The molecule has 0 unspecified atom stereocenters. The SMILES string of the molecule is CCC1=C(C)C(=CC2=C(Cl)C(=CC=Cc3cc(-c4ccccc4)[s+]c(-c4ccc(C)cc4)c3)CCC2)C2=[N+]1c1ccc(SOOO)cc1C2(C)C. The molecule has 0 radical (unpaired) electrons. The summed E-state index contributed by atoms with van der Waals surface area (Å²) in [6.07, 6.45) is 12.8. The van der Waals surface area contributed by atoms with Crippen molar-refractivity contribution in [3.8, 4) is 20.9 Å². The zero-order valence-corrected chi connectivity index (χ0v) is 32.0. The standard InChI is InChI=1S/C44H41ClNO3S2/c1-6-38-29(3)36(43-44(4,5)37-27-35(51-49-48-47)22-23-39(37)46(38)43)26-34-17-11-16-33(42(34)45)15-10-12-30-24-40(31-13-8-7-9-14-31)50-41(25-30)32-20-18-28(2)19-21-32/h7-10,12-15,18-27H,6,11,16-17H2,1-5H3/q+1/p+1. The molecule has 0 amide bonds. The number of aryl methyl sites for hydroxylation is 1. The van der Waals surface area contributed by atoms with Crippen molar-refractivity contribution >= 4 is 52.5 Å². The second-order valence-corrected chi connectivity index (χ2v) is 16.0. The molecule has 0 fully saturated rings. The molecule has 3 aromatic carbocycles. The van der Waals surface area contributed by atoms with E-state index in [1.165, 1.54) is 71.4 Å². The molecule has 7 heteroatoms. The van der Waals surface area contributed by atoms with Crippen LogP contribution in [-0.4, -0.2) is 15.5 Å². The van der Waals surface area contributed by atoms with Crippen molar-refractivity contribution < 1.29 is 19.2 Å². The van der Waals surface area contributed by atoms with E-state index in [1.807, 2.05) is 17.4 Å². The summed E-state index contributed by atoms with van der Waals surface area (Å²) in [7, 11) is 0. The zero-order chi connectivity index (χ0) is 35.7. The maximum atomic E-state index is 8.70. The molecule has 0 saturated heterocycles. The normalized spacial score (nSPS) is 18.5. The Morgan fingerprint density at radius 2 is 1.67 bits per heavy atom. The molecular weight excluding hydrogens is 690 g/mol. The third kappa shape index (κ3) is 7.02. The molecule has 1 aromatic heterocycles. The van der Waals surface area contributed by atoms with Gasteiger partial charge in [-0.25, -0.2) is 5.26 Å². The Labute approximate surface area is 314 Å².